The van der Waals surface area contributed by atoms with Crippen LogP contribution in [-0.2, 0) is 6.54 Å². The van der Waals surface area contributed by atoms with Gasteiger partial charge in [-0.2, -0.15) is 5.26 Å². The first-order valence-electron chi connectivity index (χ1n) is 6.45. The van der Waals surface area contributed by atoms with E-state index in [-0.39, 0.29) is 0 Å². The van der Waals surface area contributed by atoms with Crippen LogP contribution in [0.3, 0.4) is 0 Å². The molecule has 1 unspecified atom stereocenters. The molecule has 2 aromatic heterocycles. The molecule has 1 aliphatic heterocycles. The lowest BCUT2D eigenvalue weighted by Gasteiger charge is -2.25. The largest absolute Gasteiger partial charge is 0.352 e. The second-order valence-electron chi connectivity index (χ2n) is 4.77. The Labute approximate surface area is 112 Å². The fourth-order valence-corrected chi connectivity index (χ4v) is 2.59. The summed E-state index contributed by atoms with van der Waals surface area (Å²) in [6.45, 7) is 1.96. The van der Waals surface area contributed by atoms with Gasteiger partial charge in [-0.1, -0.05) is 0 Å². The zero-order chi connectivity index (χ0) is 13.1. The molecule has 5 heteroatoms. The maximum absolute atomic E-state index is 8.80. The lowest BCUT2D eigenvalue weighted by Crippen LogP contribution is -2.33. The van der Waals surface area contributed by atoms with Crippen molar-refractivity contribution in [2.45, 2.75) is 25.4 Å². The van der Waals surface area contributed by atoms with Crippen molar-refractivity contribution in [2.75, 3.05) is 11.4 Å². The van der Waals surface area contributed by atoms with Crippen molar-refractivity contribution in [3.8, 4) is 6.07 Å². The summed E-state index contributed by atoms with van der Waals surface area (Å²) in [5.74, 6) is 0.960. The topological polar surface area (TPSA) is 57.7 Å². The van der Waals surface area contributed by atoms with E-state index in [1.54, 1.807) is 12.4 Å². The Morgan fingerprint density at radius 2 is 2.37 bits per heavy atom. The first kappa shape index (κ1) is 11.7. The van der Waals surface area contributed by atoms with Crippen LogP contribution in [-0.4, -0.2) is 27.1 Å². The lowest BCUT2D eigenvalue weighted by atomic mass is 10.2. The third kappa shape index (κ3) is 2.43. The van der Waals surface area contributed by atoms with Crippen LogP contribution in [0.4, 0.5) is 5.82 Å². The minimum atomic E-state index is 0.453. The van der Waals surface area contributed by atoms with E-state index in [4.69, 9.17) is 5.26 Å². The summed E-state index contributed by atoms with van der Waals surface area (Å²) in [5.41, 5.74) is 0.606. The van der Waals surface area contributed by atoms with Crippen molar-refractivity contribution >= 4 is 5.82 Å². The molecule has 2 aromatic rings. The molecule has 3 rings (SSSR count). The maximum Gasteiger partial charge on any atom is 0.128 e. The van der Waals surface area contributed by atoms with Gasteiger partial charge in [-0.05, 0) is 25.0 Å². The Morgan fingerprint density at radius 1 is 1.42 bits per heavy atom. The molecule has 0 saturated carbocycles. The molecule has 19 heavy (non-hydrogen) atoms. The van der Waals surface area contributed by atoms with Gasteiger partial charge in [-0.3, -0.25) is 0 Å². The Kier molecular flexibility index (Phi) is 3.15. The molecule has 5 nitrogen and oxygen atoms in total. The van der Waals surface area contributed by atoms with Crippen LogP contribution in [0.15, 0.2) is 37.1 Å². The zero-order valence-electron chi connectivity index (χ0n) is 10.6. The molecule has 0 N–H and O–H groups in total. The second-order valence-corrected chi connectivity index (χ2v) is 4.77. The Hall–Kier alpha value is -2.35. The van der Waals surface area contributed by atoms with Crippen molar-refractivity contribution in [3.63, 3.8) is 0 Å². The van der Waals surface area contributed by atoms with Gasteiger partial charge in [0, 0.05) is 37.7 Å². The quantitative estimate of drug-likeness (QED) is 0.837. The van der Waals surface area contributed by atoms with Crippen molar-refractivity contribution < 1.29 is 0 Å². The predicted octanol–water partition coefficient (Wildman–Crippen LogP) is 1.82. The van der Waals surface area contributed by atoms with E-state index in [0.717, 1.165) is 18.9 Å². The van der Waals surface area contributed by atoms with Crippen LogP contribution in [0.1, 0.15) is 18.4 Å². The van der Waals surface area contributed by atoms with Gasteiger partial charge in [-0.15, -0.1) is 0 Å². The number of hydrogen-bond acceptors (Lipinski definition) is 4. The fourth-order valence-electron chi connectivity index (χ4n) is 2.59. The maximum atomic E-state index is 8.80. The summed E-state index contributed by atoms with van der Waals surface area (Å²) >= 11 is 0. The smallest absolute Gasteiger partial charge is 0.128 e. The van der Waals surface area contributed by atoms with Crippen molar-refractivity contribution in [3.05, 3.63) is 42.6 Å². The number of rotatable bonds is 3. The molecule has 96 valence electrons. The van der Waals surface area contributed by atoms with Crippen LogP contribution < -0.4 is 4.90 Å². The summed E-state index contributed by atoms with van der Waals surface area (Å²) < 4.78 is 2.10. The Balaban J connectivity index is 1.76. The number of aromatic nitrogens is 3. The molecule has 0 radical (unpaired) electrons. The summed E-state index contributed by atoms with van der Waals surface area (Å²) in [7, 11) is 0. The highest BCUT2D eigenvalue weighted by molar-refractivity contribution is 5.43. The van der Waals surface area contributed by atoms with E-state index in [2.05, 4.69) is 25.5 Å². The van der Waals surface area contributed by atoms with Gasteiger partial charge >= 0.3 is 0 Å². The number of nitriles is 1. The minimum absolute atomic E-state index is 0.453. The molecular weight excluding hydrogens is 238 g/mol. The van der Waals surface area contributed by atoms with Crippen LogP contribution in [0.5, 0.6) is 0 Å². The molecule has 0 amide bonds. The molecule has 0 aliphatic carbocycles. The Bertz CT molecular complexity index is 567. The lowest BCUT2D eigenvalue weighted by molar-refractivity contribution is 0.547. The van der Waals surface area contributed by atoms with E-state index < -0.39 is 0 Å². The van der Waals surface area contributed by atoms with Crippen LogP contribution in [0.25, 0.3) is 0 Å². The second kappa shape index (κ2) is 5.11. The first-order chi connectivity index (χ1) is 9.36. The minimum Gasteiger partial charge on any atom is -0.352 e. The molecule has 0 spiro atoms. The van der Waals surface area contributed by atoms with Gasteiger partial charge in [0.05, 0.1) is 11.9 Å². The van der Waals surface area contributed by atoms with Crippen LogP contribution >= 0.6 is 0 Å². The van der Waals surface area contributed by atoms with E-state index in [0.29, 0.717) is 11.6 Å². The van der Waals surface area contributed by atoms with Gasteiger partial charge in [0.25, 0.3) is 0 Å². The molecular formula is C14H15N5. The number of anilines is 1. The molecule has 1 aliphatic rings. The molecule has 1 saturated heterocycles. The zero-order valence-corrected chi connectivity index (χ0v) is 10.6. The Morgan fingerprint density at radius 3 is 3.05 bits per heavy atom. The van der Waals surface area contributed by atoms with E-state index in [9.17, 15) is 0 Å². The fraction of sp³-hybridized carbons (Fsp3) is 0.357. The van der Waals surface area contributed by atoms with Gasteiger partial charge in [0.15, 0.2) is 0 Å². The third-order valence-electron chi connectivity index (χ3n) is 3.53. The number of hydrogen-bond donors (Lipinski definition) is 0. The molecule has 3 heterocycles. The van der Waals surface area contributed by atoms with Crippen molar-refractivity contribution in [1.82, 2.24) is 14.5 Å². The molecule has 0 aromatic carbocycles. The van der Waals surface area contributed by atoms with Crippen LogP contribution in [0, 0.1) is 11.3 Å². The van der Waals surface area contributed by atoms with Gasteiger partial charge in [0.2, 0.25) is 0 Å². The van der Waals surface area contributed by atoms with Crippen molar-refractivity contribution in [1.29, 1.82) is 5.26 Å². The standard InChI is InChI=1S/C14H15N5/c15-8-12-3-4-14(17-9-12)19-6-1-2-13(19)10-18-7-5-16-11-18/h3-5,7,9,11,13H,1-2,6,10H2. The summed E-state index contributed by atoms with van der Waals surface area (Å²) in [5, 5.41) is 8.80. The number of imidazole rings is 1. The van der Waals surface area contributed by atoms with Gasteiger partial charge < -0.3 is 9.47 Å². The monoisotopic (exact) mass is 253 g/mol. The number of nitrogens with zero attached hydrogens (tertiary/aromatic N) is 5. The van der Waals surface area contributed by atoms with E-state index >= 15 is 0 Å². The predicted molar refractivity (Wildman–Crippen MR) is 71.5 cm³/mol. The average molecular weight is 253 g/mol. The van der Waals surface area contributed by atoms with E-state index in [1.165, 1.54) is 12.8 Å². The van der Waals surface area contributed by atoms with Crippen molar-refractivity contribution in [2.24, 2.45) is 0 Å². The highest BCUT2D eigenvalue weighted by Crippen LogP contribution is 2.24. The molecule has 1 fully saturated rings. The molecule has 0 bridgehead atoms. The summed E-state index contributed by atoms with van der Waals surface area (Å²) in [6, 6.07) is 6.32. The van der Waals surface area contributed by atoms with Gasteiger partial charge in [0.1, 0.15) is 11.9 Å². The highest BCUT2D eigenvalue weighted by atomic mass is 15.2. The SMILES string of the molecule is N#Cc1ccc(N2CCCC2Cn2ccnc2)nc1. The summed E-state index contributed by atoms with van der Waals surface area (Å²) in [6.07, 6.45) is 9.63. The third-order valence-corrected chi connectivity index (χ3v) is 3.53. The normalized spacial score (nSPS) is 18.5. The first-order valence-corrected chi connectivity index (χ1v) is 6.45. The van der Waals surface area contributed by atoms with E-state index in [1.807, 2.05) is 24.7 Å². The van der Waals surface area contributed by atoms with Gasteiger partial charge in [-0.25, -0.2) is 9.97 Å². The highest BCUT2D eigenvalue weighted by Gasteiger charge is 2.25. The molecule has 1 atom stereocenters. The van der Waals surface area contributed by atoms with Crippen LogP contribution in [0.2, 0.25) is 0 Å². The number of pyridine rings is 1. The summed E-state index contributed by atoms with van der Waals surface area (Å²) in [4.78, 5) is 10.8. The average Bonchev–Trinajstić information content (AvgIpc) is 3.11.